The van der Waals surface area contributed by atoms with Crippen LogP contribution in [0.1, 0.15) is 16.8 Å². The topological polar surface area (TPSA) is 127 Å². The van der Waals surface area contributed by atoms with E-state index in [1.54, 1.807) is 29.2 Å². The van der Waals surface area contributed by atoms with Gasteiger partial charge in [0.1, 0.15) is 5.82 Å². The molecule has 0 saturated carbocycles. The number of benzene rings is 1. The van der Waals surface area contributed by atoms with Gasteiger partial charge in [0.2, 0.25) is 11.7 Å². The number of ether oxygens (including phenoxy) is 1. The first-order valence-electron chi connectivity index (χ1n) is 8.60. The average Bonchev–Trinajstić information content (AvgIpc) is 2.92. The fourth-order valence-electron chi connectivity index (χ4n) is 2.80. The summed E-state index contributed by atoms with van der Waals surface area (Å²) in [4.78, 5) is 40.3. The molecule has 0 aliphatic carbocycles. The van der Waals surface area contributed by atoms with E-state index in [0.717, 1.165) is 6.42 Å². The van der Waals surface area contributed by atoms with E-state index in [-0.39, 0.29) is 24.0 Å². The van der Waals surface area contributed by atoms with Crippen molar-refractivity contribution in [1.82, 2.24) is 10.3 Å². The van der Waals surface area contributed by atoms with Gasteiger partial charge in [-0.1, -0.05) is 0 Å². The number of hydrogen-bond donors (Lipinski definition) is 2. The van der Waals surface area contributed by atoms with Crippen LogP contribution in [-0.2, 0) is 9.53 Å². The molecular formula is C18H19N5O5. The van der Waals surface area contributed by atoms with Gasteiger partial charge in [0, 0.05) is 24.8 Å². The second-order valence-electron chi connectivity index (χ2n) is 6.11. The highest BCUT2D eigenvalue weighted by molar-refractivity contribution is 5.89. The van der Waals surface area contributed by atoms with E-state index in [2.05, 4.69) is 20.4 Å². The summed E-state index contributed by atoms with van der Waals surface area (Å²) < 4.78 is 4.65. The number of nitrogens with zero attached hydrogens (tertiary/aromatic N) is 3. The fourth-order valence-corrected chi connectivity index (χ4v) is 2.80. The lowest BCUT2D eigenvalue weighted by Crippen LogP contribution is -2.33. The molecule has 0 unspecified atom stereocenters. The fraction of sp³-hybridized carbons (Fsp3) is 0.278. The third kappa shape index (κ3) is 4.34. The van der Waals surface area contributed by atoms with Gasteiger partial charge in [0.15, 0.2) is 0 Å². The Morgan fingerprint density at radius 3 is 2.71 bits per heavy atom. The van der Waals surface area contributed by atoms with E-state index in [1.807, 2.05) is 0 Å². The number of methoxy groups -OCH3 is 1. The maximum atomic E-state index is 11.8. The minimum atomic E-state index is -0.531. The predicted molar refractivity (Wildman–Crippen MR) is 102 cm³/mol. The van der Waals surface area contributed by atoms with E-state index in [4.69, 9.17) is 0 Å². The van der Waals surface area contributed by atoms with Crippen LogP contribution in [0.3, 0.4) is 0 Å². The number of anilines is 3. The molecule has 2 N–H and O–H groups in total. The molecule has 10 nitrogen and oxygen atoms in total. The van der Waals surface area contributed by atoms with Crippen LogP contribution < -0.4 is 15.5 Å². The van der Waals surface area contributed by atoms with Crippen molar-refractivity contribution < 1.29 is 19.2 Å². The number of carbonyl (C=O) groups excluding carboxylic acids is 2. The zero-order valence-corrected chi connectivity index (χ0v) is 15.2. The maximum absolute atomic E-state index is 11.8. The second kappa shape index (κ2) is 8.33. The van der Waals surface area contributed by atoms with Gasteiger partial charge in [-0.3, -0.25) is 14.9 Å². The molecule has 0 atom stereocenters. The summed E-state index contributed by atoms with van der Waals surface area (Å²) in [6.07, 6.45) is 0.752. The first-order chi connectivity index (χ1) is 13.5. The Bertz CT molecular complexity index is 900. The zero-order chi connectivity index (χ0) is 20.1. The first kappa shape index (κ1) is 19.1. The minimum Gasteiger partial charge on any atom is -0.465 e. The maximum Gasteiger partial charge on any atom is 0.337 e. The quantitative estimate of drug-likeness (QED) is 0.453. The predicted octanol–water partition coefficient (Wildman–Crippen LogP) is 1.85. The SMILES string of the molecule is COC(=O)c1ccc(Nc2nc(N3CCCNC(=O)C3)ccc2[N+](=O)[O-])cc1. The molecule has 1 aliphatic heterocycles. The van der Waals surface area contributed by atoms with Crippen LogP contribution in [0.4, 0.5) is 23.0 Å². The number of esters is 1. The largest absolute Gasteiger partial charge is 0.465 e. The van der Waals surface area contributed by atoms with Crippen LogP contribution in [0, 0.1) is 10.1 Å². The molecule has 1 aliphatic rings. The van der Waals surface area contributed by atoms with Gasteiger partial charge in [-0.25, -0.2) is 9.78 Å². The van der Waals surface area contributed by atoms with Gasteiger partial charge in [-0.15, -0.1) is 0 Å². The zero-order valence-electron chi connectivity index (χ0n) is 15.2. The molecule has 0 radical (unpaired) electrons. The molecule has 2 aromatic rings. The van der Waals surface area contributed by atoms with Crippen LogP contribution in [0.15, 0.2) is 36.4 Å². The molecule has 1 fully saturated rings. The molecule has 1 aromatic carbocycles. The summed E-state index contributed by atoms with van der Waals surface area (Å²) in [5.74, 6) is -0.0723. The molecule has 3 rings (SSSR count). The lowest BCUT2D eigenvalue weighted by molar-refractivity contribution is -0.384. The van der Waals surface area contributed by atoms with Crippen molar-refractivity contribution in [2.24, 2.45) is 0 Å². The molecule has 10 heteroatoms. The van der Waals surface area contributed by atoms with Crippen molar-refractivity contribution in [2.75, 3.05) is 37.0 Å². The van der Waals surface area contributed by atoms with Crippen molar-refractivity contribution in [3.8, 4) is 0 Å². The number of nitrogens with one attached hydrogen (secondary N) is 2. The van der Waals surface area contributed by atoms with Gasteiger partial charge in [0.05, 0.1) is 24.1 Å². The van der Waals surface area contributed by atoms with E-state index in [1.165, 1.54) is 19.2 Å². The smallest absolute Gasteiger partial charge is 0.337 e. The van der Waals surface area contributed by atoms with Gasteiger partial charge < -0.3 is 20.3 Å². The Labute approximate surface area is 160 Å². The highest BCUT2D eigenvalue weighted by Crippen LogP contribution is 2.29. The monoisotopic (exact) mass is 385 g/mol. The summed E-state index contributed by atoms with van der Waals surface area (Å²) in [5, 5.41) is 17.1. The standard InChI is InChI=1S/C18H19N5O5/c1-28-18(25)12-3-5-13(6-4-12)20-17-14(23(26)27)7-8-15(21-17)22-10-2-9-19-16(24)11-22/h3-8H,2,9-11H2,1H3,(H,19,24)(H,20,21). The van der Waals surface area contributed by atoms with Gasteiger partial charge >= 0.3 is 11.7 Å². The van der Waals surface area contributed by atoms with Crippen molar-refractivity contribution in [1.29, 1.82) is 0 Å². The summed E-state index contributed by atoms with van der Waals surface area (Å²) >= 11 is 0. The van der Waals surface area contributed by atoms with E-state index >= 15 is 0 Å². The Morgan fingerprint density at radius 1 is 1.29 bits per heavy atom. The highest BCUT2D eigenvalue weighted by Gasteiger charge is 2.21. The Hall–Kier alpha value is -3.69. The molecule has 1 aromatic heterocycles. The van der Waals surface area contributed by atoms with Crippen molar-refractivity contribution >= 4 is 34.9 Å². The van der Waals surface area contributed by atoms with Crippen molar-refractivity contribution in [3.63, 3.8) is 0 Å². The van der Waals surface area contributed by atoms with Crippen LogP contribution in [0.5, 0.6) is 0 Å². The third-order valence-electron chi connectivity index (χ3n) is 4.21. The van der Waals surface area contributed by atoms with Gasteiger partial charge in [-0.2, -0.15) is 0 Å². The molecule has 0 bridgehead atoms. The second-order valence-corrected chi connectivity index (χ2v) is 6.11. The minimum absolute atomic E-state index is 0.0537. The molecule has 2 heterocycles. The molecule has 28 heavy (non-hydrogen) atoms. The van der Waals surface area contributed by atoms with Gasteiger partial charge in [-0.05, 0) is 36.8 Å². The van der Waals surface area contributed by atoms with E-state index < -0.39 is 10.9 Å². The third-order valence-corrected chi connectivity index (χ3v) is 4.21. The summed E-state index contributed by atoms with van der Waals surface area (Å²) in [5.41, 5.74) is 0.689. The summed E-state index contributed by atoms with van der Waals surface area (Å²) in [6.45, 7) is 1.33. The molecule has 146 valence electrons. The number of nitro groups is 1. The summed E-state index contributed by atoms with van der Waals surface area (Å²) in [7, 11) is 1.29. The lowest BCUT2D eigenvalue weighted by Gasteiger charge is -2.20. The number of carbonyl (C=O) groups is 2. The highest BCUT2D eigenvalue weighted by atomic mass is 16.6. The Kier molecular flexibility index (Phi) is 5.68. The lowest BCUT2D eigenvalue weighted by atomic mass is 10.2. The number of rotatable bonds is 5. The van der Waals surface area contributed by atoms with Gasteiger partial charge in [0.25, 0.3) is 0 Å². The van der Waals surface area contributed by atoms with E-state index in [9.17, 15) is 19.7 Å². The summed E-state index contributed by atoms with van der Waals surface area (Å²) in [6, 6.07) is 9.18. The molecule has 0 spiro atoms. The Morgan fingerprint density at radius 2 is 2.04 bits per heavy atom. The van der Waals surface area contributed by atoms with Crippen molar-refractivity contribution in [3.05, 3.63) is 52.1 Å². The normalized spacial score (nSPS) is 14.0. The molecular weight excluding hydrogens is 366 g/mol. The van der Waals surface area contributed by atoms with Crippen LogP contribution in [0.25, 0.3) is 0 Å². The van der Waals surface area contributed by atoms with Crippen molar-refractivity contribution in [2.45, 2.75) is 6.42 Å². The average molecular weight is 385 g/mol. The molecule has 1 saturated heterocycles. The number of pyridine rings is 1. The number of aromatic nitrogens is 1. The van der Waals surface area contributed by atoms with Crippen LogP contribution in [0.2, 0.25) is 0 Å². The Balaban J connectivity index is 1.88. The first-order valence-corrected chi connectivity index (χ1v) is 8.60. The van der Waals surface area contributed by atoms with E-state index in [0.29, 0.717) is 30.2 Å². The number of hydrogen-bond acceptors (Lipinski definition) is 8. The van der Waals surface area contributed by atoms with Crippen LogP contribution >= 0.6 is 0 Å². The molecule has 1 amide bonds. The number of amides is 1. The van der Waals surface area contributed by atoms with Crippen LogP contribution in [-0.4, -0.2) is 48.5 Å².